The molecule has 5 heteroatoms. The number of hydrogen-bond donors (Lipinski definition) is 0. The van der Waals surface area contributed by atoms with E-state index in [0.717, 1.165) is 16.8 Å². The first-order valence-corrected chi connectivity index (χ1v) is 10.1. The molecule has 0 N–H and O–H groups in total. The van der Waals surface area contributed by atoms with Crippen LogP contribution in [0.25, 0.3) is 0 Å². The smallest absolute Gasteiger partial charge is 0.232 e. The molecule has 0 bridgehead atoms. The average molecular weight is 412 g/mol. The first kappa shape index (κ1) is 19.8. The van der Waals surface area contributed by atoms with Crippen LogP contribution >= 0.6 is 11.6 Å². The highest BCUT2D eigenvalue weighted by Gasteiger charge is 2.44. The number of hydrogen-bond acceptors (Lipinski definition) is 2. The van der Waals surface area contributed by atoms with Gasteiger partial charge in [0, 0.05) is 30.0 Å². The standard InChI is InChI=1S/C24H23ClFNO2/c1-14-5-4-6-15(9-14)17-11-22(29)27(16-7-8-19(26)18(25)10-16)20-12-24(2,3)13-21(28)23(17)20/h4-10,17H,11-13H2,1-3H3. The molecule has 2 aromatic rings. The first-order chi connectivity index (χ1) is 13.7. The van der Waals surface area contributed by atoms with E-state index in [4.69, 9.17) is 11.6 Å². The Kier molecular flexibility index (Phi) is 4.86. The lowest BCUT2D eigenvalue weighted by atomic mass is 9.69. The highest BCUT2D eigenvalue weighted by Crippen LogP contribution is 2.48. The minimum atomic E-state index is -0.535. The molecule has 0 radical (unpaired) electrons. The van der Waals surface area contributed by atoms with Crippen LogP contribution in [0.5, 0.6) is 0 Å². The number of halogens is 2. The molecule has 2 aromatic carbocycles. The maximum Gasteiger partial charge on any atom is 0.232 e. The molecule has 1 unspecified atom stereocenters. The molecule has 2 aliphatic rings. The molecule has 4 rings (SSSR count). The number of aryl methyl sites for hydroxylation is 1. The second-order valence-electron chi connectivity index (χ2n) is 8.80. The predicted octanol–water partition coefficient (Wildman–Crippen LogP) is 5.95. The zero-order valence-corrected chi connectivity index (χ0v) is 17.5. The van der Waals surface area contributed by atoms with Crippen molar-refractivity contribution >= 4 is 29.0 Å². The van der Waals surface area contributed by atoms with E-state index < -0.39 is 5.82 Å². The first-order valence-electron chi connectivity index (χ1n) is 9.77. The maximum atomic E-state index is 13.7. The molecule has 1 aliphatic heterocycles. The van der Waals surface area contributed by atoms with Crippen LogP contribution < -0.4 is 4.90 Å². The van der Waals surface area contributed by atoms with E-state index in [-0.39, 0.29) is 34.5 Å². The second kappa shape index (κ2) is 7.10. The Morgan fingerprint density at radius 1 is 1.10 bits per heavy atom. The van der Waals surface area contributed by atoms with Gasteiger partial charge in [0.25, 0.3) is 0 Å². The summed E-state index contributed by atoms with van der Waals surface area (Å²) in [5.74, 6) is -0.822. The van der Waals surface area contributed by atoms with Gasteiger partial charge in [-0.15, -0.1) is 0 Å². The lowest BCUT2D eigenvalue weighted by Crippen LogP contribution is -2.43. The van der Waals surface area contributed by atoms with E-state index in [9.17, 15) is 14.0 Å². The van der Waals surface area contributed by atoms with Crippen LogP contribution in [0.4, 0.5) is 10.1 Å². The van der Waals surface area contributed by atoms with Gasteiger partial charge in [0.05, 0.1) is 10.7 Å². The van der Waals surface area contributed by atoms with Crippen LogP contribution in [-0.4, -0.2) is 11.7 Å². The number of anilines is 1. The molecule has 0 saturated heterocycles. The number of carbonyl (C=O) groups is 2. The van der Waals surface area contributed by atoms with Gasteiger partial charge < -0.3 is 0 Å². The van der Waals surface area contributed by atoms with Crippen LogP contribution in [0.2, 0.25) is 5.02 Å². The van der Waals surface area contributed by atoms with Crippen molar-refractivity contribution < 1.29 is 14.0 Å². The normalized spacial score (nSPS) is 21.4. The Bertz CT molecular complexity index is 1060. The lowest BCUT2D eigenvalue weighted by Gasteiger charge is -2.43. The Morgan fingerprint density at radius 3 is 2.55 bits per heavy atom. The molecule has 150 valence electrons. The summed E-state index contributed by atoms with van der Waals surface area (Å²) in [7, 11) is 0. The number of nitrogens with zero attached hydrogens (tertiary/aromatic N) is 1. The van der Waals surface area contributed by atoms with E-state index >= 15 is 0 Å². The summed E-state index contributed by atoms with van der Waals surface area (Å²) < 4.78 is 13.7. The average Bonchev–Trinajstić information content (AvgIpc) is 2.62. The van der Waals surface area contributed by atoms with Gasteiger partial charge in [0.15, 0.2) is 5.78 Å². The lowest BCUT2D eigenvalue weighted by molar-refractivity contribution is -0.121. The van der Waals surface area contributed by atoms with Crippen molar-refractivity contribution in [3.05, 3.63) is 75.7 Å². The topological polar surface area (TPSA) is 37.4 Å². The van der Waals surface area contributed by atoms with E-state index in [1.54, 1.807) is 11.0 Å². The summed E-state index contributed by atoms with van der Waals surface area (Å²) in [6, 6.07) is 12.2. The number of rotatable bonds is 2. The van der Waals surface area contributed by atoms with E-state index in [0.29, 0.717) is 24.1 Å². The fourth-order valence-corrected chi connectivity index (χ4v) is 4.69. The molecule has 29 heavy (non-hydrogen) atoms. The number of allylic oxidation sites excluding steroid dienone is 2. The molecule has 1 aliphatic carbocycles. The monoisotopic (exact) mass is 411 g/mol. The van der Waals surface area contributed by atoms with Crippen molar-refractivity contribution in [1.29, 1.82) is 0 Å². The Balaban J connectivity index is 1.91. The Labute approximate surface area is 175 Å². The van der Waals surface area contributed by atoms with Crippen LogP contribution in [0.1, 0.15) is 50.2 Å². The van der Waals surface area contributed by atoms with Crippen molar-refractivity contribution in [3.63, 3.8) is 0 Å². The van der Waals surface area contributed by atoms with Crippen molar-refractivity contribution in [1.82, 2.24) is 0 Å². The molecule has 0 saturated carbocycles. The number of carbonyl (C=O) groups excluding carboxylic acids is 2. The maximum absolute atomic E-state index is 13.7. The number of amides is 1. The summed E-state index contributed by atoms with van der Waals surface area (Å²) in [6.45, 7) is 6.07. The molecule has 1 heterocycles. The fraction of sp³-hybridized carbons (Fsp3) is 0.333. The predicted molar refractivity (Wildman–Crippen MR) is 112 cm³/mol. The highest BCUT2D eigenvalue weighted by atomic mass is 35.5. The molecule has 0 aromatic heterocycles. The summed E-state index contributed by atoms with van der Waals surface area (Å²) in [6.07, 6.45) is 1.24. The van der Waals surface area contributed by atoms with Crippen LogP contribution in [0.3, 0.4) is 0 Å². The minimum Gasteiger partial charge on any atom is -0.294 e. The molecular formula is C24H23ClFNO2. The summed E-state index contributed by atoms with van der Waals surface area (Å²) in [5.41, 5.74) is 3.74. The SMILES string of the molecule is Cc1cccc(C2CC(=O)N(c3ccc(F)c(Cl)c3)C3=C2C(=O)CC(C)(C)C3)c1. The fourth-order valence-electron chi connectivity index (χ4n) is 4.51. The minimum absolute atomic E-state index is 0.0420. The third-order valence-electron chi connectivity index (χ3n) is 5.75. The summed E-state index contributed by atoms with van der Waals surface area (Å²) >= 11 is 5.99. The molecule has 0 fully saturated rings. The largest absolute Gasteiger partial charge is 0.294 e. The number of ketones is 1. The van der Waals surface area contributed by atoms with Gasteiger partial charge in [-0.05, 0) is 42.5 Å². The van der Waals surface area contributed by atoms with Crippen molar-refractivity contribution in [2.45, 2.75) is 46.0 Å². The number of benzene rings is 2. The van der Waals surface area contributed by atoms with Gasteiger partial charge in [-0.1, -0.05) is 55.3 Å². The van der Waals surface area contributed by atoms with Crippen LogP contribution in [-0.2, 0) is 9.59 Å². The van der Waals surface area contributed by atoms with Gasteiger partial charge in [0.2, 0.25) is 5.91 Å². The molecule has 0 spiro atoms. The van der Waals surface area contributed by atoms with Gasteiger partial charge in [-0.2, -0.15) is 0 Å². The molecular weight excluding hydrogens is 389 g/mol. The van der Waals surface area contributed by atoms with Crippen molar-refractivity contribution in [2.24, 2.45) is 5.41 Å². The van der Waals surface area contributed by atoms with Gasteiger partial charge in [-0.3, -0.25) is 14.5 Å². The zero-order valence-electron chi connectivity index (χ0n) is 16.8. The zero-order chi connectivity index (χ0) is 20.9. The van der Waals surface area contributed by atoms with E-state index in [2.05, 4.69) is 0 Å². The van der Waals surface area contributed by atoms with E-state index in [1.165, 1.54) is 12.1 Å². The molecule has 1 amide bonds. The van der Waals surface area contributed by atoms with Crippen LogP contribution in [0, 0.1) is 18.2 Å². The van der Waals surface area contributed by atoms with Gasteiger partial charge >= 0.3 is 0 Å². The third-order valence-corrected chi connectivity index (χ3v) is 6.04. The van der Waals surface area contributed by atoms with Crippen molar-refractivity contribution in [3.8, 4) is 0 Å². The van der Waals surface area contributed by atoms with Gasteiger partial charge in [0.1, 0.15) is 5.82 Å². The quantitative estimate of drug-likeness (QED) is 0.612. The molecule has 3 nitrogen and oxygen atoms in total. The molecule has 1 atom stereocenters. The Morgan fingerprint density at radius 2 is 1.86 bits per heavy atom. The Hall–Kier alpha value is -2.46. The van der Waals surface area contributed by atoms with Crippen molar-refractivity contribution in [2.75, 3.05) is 4.90 Å². The number of Topliss-reactive ketones (excluding diaryl/α,β-unsaturated/α-hetero) is 1. The van der Waals surface area contributed by atoms with Gasteiger partial charge in [-0.25, -0.2) is 4.39 Å². The van der Waals surface area contributed by atoms with E-state index in [1.807, 2.05) is 45.0 Å². The highest BCUT2D eigenvalue weighted by molar-refractivity contribution is 6.31. The summed E-state index contributed by atoms with van der Waals surface area (Å²) in [4.78, 5) is 28.1. The third kappa shape index (κ3) is 3.62. The van der Waals surface area contributed by atoms with Crippen LogP contribution in [0.15, 0.2) is 53.7 Å². The second-order valence-corrected chi connectivity index (χ2v) is 9.21. The summed E-state index contributed by atoms with van der Waals surface area (Å²) in [5, 5.41) is -0.0420.